The Morgan fingerprint density at radius 3 is 2.76 bits per heavy atom. The van der Waals surface area contributed by atoms with Crippen LogP contribution in [-0.2, 0) is 0 Å². The topological polar surface area (TPSA) is 73.6 Å². The molecule has 0 spiro atoms. The van der Waals surface area contributed by atoms with Gasteiger partial charge < -0.3 is 19.2 Å². The van der Waals surface area contributed by atoms with Gasteiger partial charge in [-0.15, -0.1) is 0 Å². The van der Waals surface area contributed by atoms with Crippen molar-refractivity contribution in [1.82, 2.24) is 10.3 Å². The van der Waals surface area contributed by atoms with E-state index >= 15 is 0 Å². The number of fused-ring (bicyclic) bond motifs is 2. The third kappa shape index (κ3) is 3.38. The lowest BCUT2D eigenvalue weighted by molar-refractivity contribution is 0.0943. The number of nitrogens with one attached hydrogen (secondary N) is 1. The molecule has 148 valence electrons. The average molecular weight is 390 g/mol. The first-order chi connectivity index (χ1) is 14.0. The molecule has 2 aliphatic rings. The van der Waals surface area contributed by atoms with Crippen molar-refractivity contribution in [2.75, 3.05) is 7.11 Å². The summed E-state index contributed by atoms with van der Waals surface area (Å²) < 4.78 is 17.0. The maximum Gasteiger partial charge on any atom is 0.252 e. The lowest BCUT2D eigenvalue weighted by Gasteiger charge is -2.11. The van der Waals surface area contributed by atoms with Crippen molar-refractivity contribution in [3.63, 3.8) is 0 Å². The van der Waals surface area contributed by atoms with E-state index in [0.29, 0.717) is 17.1 Å². The lowest BCUT2D eigenvalue weighted by atomic mass is 10.1. The molecule has 0 atom stereocenters. The van der Waals surface area contributed by atoms with Crippen LogP contribution in [0.15, 0.2) is 53.5 Å². The summed E-state index contributed by atoms with van der Waals surface area (Å²) in [5, 5.41) is 3.81. The fourth-order valence-electron chi connectivity index (χ4n) is 3.47. The van der Waals surface area contributed by atoms with E-state index in [-0.39, 0.29) is 11.9 Å². The van der Waals surface area contributed by atoms with Gasteiger partial charge >= 0.3 is 0 Å². The van der Waals surface area contributed by atoms with Crippen molar-refractivity contribution in [2.24, 2.45) is 0 Å². The fraction of sp³-hybridized carbons (Fsp3) is 0.217. The third-order valence-electron chi connectivity index (χ3n) is 4.79. The number of ether oxygens (including phenoxy) is 2. The van der Waals surface area contributed by atoms with E-state index < -0.39 is 0 Å². The second kappa shape index (κ2) is 7.47. The number of benzene rings is 1. The summed E-state index contributed by atoms with van der Waals surface area (Å²) in [5.41, 5.74) is 3.66. The molecule has 0 unspecified atom stereocenters. The molecule has 1 N–H and O–H groups in total. The number of methoxy groups -OCH3 is 1. The minimum absolute atomic E-state index is 0.0312. The molecule has 0 fully saturated rings. The molecular formula is C23H22N2O4. The summed E-state index contributed by atoms with van der Waals surface area (Å²) in [6, 6.07) is 9.26. The molecule has 0 bridgehead atoms. The molecule has 1 aromatic heterocycles. The Kier molecular flexibility index (Phi) is 4.84. The number of aromatic nitrogens is 1. The number of rotatable bonds is 5. The van der Waals surface area contributed by atoms with Crippen molar-refractivity contribution in [2.45, 2.75) is 26.8 Å². The first-order valence-electron chi connectivity index (χ1n) is 9.39. The predicted octanol–water partition coefficient (Wildman–Crippen LogP) is 5.18. The first-order valence-corrected chi connectivity index (χ1v) is 9.39. The quantitative estimate of drug-likeness (QED) is 0.508. The van der Waals surface area contributed by atoms with Gasteiger partial charge in [-0.2, -0.15) is 0 Å². The Hall–Kier alpha value is -3.54. The molecule has 0 radical (unpaired) electrons. The Balaban J connectivity index is 1.82. The molecule has 6 nitrogen and oxygen atoms in total. The fourth-order valence-corrected chi connectivity index (χ4v) is 3.47. The van der Waals surface area contributed by atoms with Crippen LogP contribution in [0.2, 0.25) is 0 Å². The SMILES string of the molecule is COc1ccc2c(Oc3c4coccc-4c(C(=O)NC(C)C)c3C)ccnc2c1. The smallest absolute Gasteiger partial charge is 0.252 e. The highest BCUT2D eigenvalue weighted by Gasteiger charge is 2.27. The molecule has 2 aromatic rings. The molecular weight excluding hydrogens is 368 g/mol. The van der Waals surface area contributed by atoms with E-state index in [2.05, 4.69) is 10.3 Å². The van der Waals surface area contributed by atoms with Crippen molar-refractivity contribution in [3.05, 3.63) is 60.2 Å². The standard InChI is InChI=1S/C23H22N2O4/c1-13(2)25-23(26)21-14(3)22(18-12-28-10-8-16(18)21)29-20-7-9-24-19-11-15(27-4)5-6-17(19)20/h5-13H,1-4H3,(H,25,26). The maximum atomic E-state index is 12.8. The molecule has 1 aromatic carbocycles. The summed E-state index contributed by atoms with van der Waals surface area (Å²) in [6.45, 7) is 5.75. The zero-order valence-corrected chi connectivity index (χ0v) is 16.8. The summed E-state index contributed by atoms with van der Waals surface area (Å²) >= 11 is 0. The van der Waals surface area contributed by atoms with Crippen LogP contribution < -0.4 is 14.8 Å². The van der Waals surface area contributed by atoms with Crippen LogP contribution in [0.5, 0.6) is 17.2 Å². The highest BCUT2D eigenvalue weighted by molar-refractivity contribution is 6.06. The van der Waals surface area contributed by atoms with Gasteiger partial charge in [0.1, 0.15) is 23.5 Å². The van der Waals surface area contributed by atoms with E-state index in [0.717, 1.165) is 33.3 Å². The number of hydrogen-bond acceptors (Lipinski definition) is 5. The Morgan fingerprint density at radius 1 is 1.17 bits per heavy atom. The molecule has 29 heavy (non-hydrogen) atoms. The molecule has 1 amide bonds. The normalized spacial score (nSPS) is 11.2. The average Bonchev–Trinajstić information content (AvgIpc) is 2.99. The van der Waals surface area contributed by atoms with Crippen LogP contribution in [0.1, 0.15) is 29.8 Å². The molecule has 1 aliphatic heterocycles. The van der Waals surface area contributed by atoms with Gasteiger partial charge in [-0.05, 0) is 45.0 Å². The Labute approximate surface area is 168 Å². The van der Waals surface area contributed by atoms with Crippen LogP contribution in [0.4, 0.5) is 0 Å². The molecule has 2 heterocycles. The Bertz CT molecular complexity index is 1160. The van der Waals surface area contributed by atoms with Gasteiger partial charge in [0.05, 0.1) is 30.0 Å². The van der Waals surface area contributed by atoms with Crippen molar-refractivity contribution >= 4 is 16.8 Å². The van der Waals surface area contributed by atoms with Gasteiger partial charge in [0.2, 0.25) is 0 Å². The zero-order chi connectivity index (χ0) is 20.5. The highest BCUT2D eigenvalue weighted by atomic mass is 16.5. The van der Waals surface area contributed by atoms with Crippen LogP contribution in [0.3, 0.4) is 0 Å². The second-order valence-electron chi connectivity index (χ2n) is 7.14. The number of carbonyl (C=O) groups is 1. The third-order valence-corrected chi connectivity index (χ3v) is 4.79. The molecule has 1 aliphatic carbocycles. The minimum Gasteiger partial charge on any atom is -0.497 e. The first kappa shape index (κ1) is 18.8. The van der Waals surface area contributed by atoms with Gasteiger partial charge in [0, 0.05) is 34.8 Å². The summed E-state index contributed by atoms with van der Waals surface area (Å²) in [7, 11) is 1.62. The van der Waals surface area contributed by atoms with Crippen molar-refractivity contribution in [1.29, 1.82) is 0 Å². The van der Waals surface area contributed by atoms with Crippen LogP contribution in [0.25, 0.3) is 22.0 Å². The highest BCUT2D eigenvalue weighted by Crippen LogP contribution is 2.45. The van der Waals surface area contributed by atoms with Gasteiger partial charge in [-0.1, -0.05) is 0 Å². The summed E-state index contributed by atoms with van der Waals surface area (Å²) in [4.78, 5) is 17.2. The summed E-state index contributed by atoms with van der Waals surface area (Å²) in [5.74, 6) is 1.84. The van der Waals surface area contributed by atoms with Crippen LogP contribution >= 0.6 is 0 Å². The second-order valence-corrected chi connectivity index (χ2v) is 7.14. The summed E-state index contributed by atoms with van der Waals surface area (Å²) in [6.07, 6.45) is 4.86. The van der Waals surface area contributed by atoms with Crippen LogP contribution in [0, 0.1) is 6.92 Å². The van der Waals surface area contributed by atoms with Gasteiger partial charge in [0.15, 0.2) is 0 Å². The molecule has 4 rings (SSSR count). The maximum absolute atomic E-state index is 12.8. The van der Waals surface area contributed by atoms with Crippen molar-refractivity contribution < 1.29 is 18.7 Å². The lowest BCUT2D eigenvalue weighted by Crippen LogP contribution is -2.30. The van der Waals surface area contributed by atoms with Crippen molar-refractivity contribution in [3.8, 4) is 28.4 Å². The number of amides is 1. The predicted molar refractivity (Wildman–Crippen MR) is 111 cm³/mol. The number of carbonyl (C=O) groups excluding carboxylic acids is 1. The van der Waals surface area contributed by atoms with E-state index in [4.69, 9.17) is 13.9 Å². The monoisotopic (exact) mass is 390 g/mol. The van der Waals surface area contributed by atoms with Gasteiger partial charge in [-0.25, -0.2) is 0 Å². The van der Waals surface area contributed by atoms with E-state index in [1.54, 1.807) is 38.0 Å². The molecule has 0 saturated heterocycles. The molecule has 0 saturated carbocycles. The number of nitrogens with zero attached hydrogens (tertiary/aromatic N) is 1. The number of hydrogen-bond donors (Lipinski definition) is 1. The number of pyridine rings is 1. The van der Waals surface area contributed by atoms with Gasteiger partial charge in [-0.3, -0.25) is 9.78 Å². The minimum atomic E-state index is -0.132. The largest absolute Gasteiger partial charge is 0.497 e. The van der Waals surface area contributed by atoms with Crippen LogP contribution in [-0.4, -0.2) is 24.0 Å². The van der Waals surface area contributed by atoms with E-state index in [1.165, 1.54) is 0 Å². The zero-order valence-electron chi connectivity index (χ0n) is 16.8. The van der Waals surface area contributed by atoms with E-state index in [9.17, 15) is 4.79 Å². The Morgan fingerprint density at radius 2 is 2.00 bits per heavy atom. The van der Waals surface area contributed by atoms with E-state index in [1.807, 2.05) is 39.0 Å². The molecule has 6 heteroatoms. The van der Waals surface area contributed by atoms with Gasteiger partial charge in [0.25, 0.3) is 5.91 Å².